The van der Waals surface area contributed by atoms with Gasteiger partial charge in [-0.2, -0.15) is 0 Å². The highest BCUT2D eigenvalue weighted by molar-refractivity contribution is 5.26. The minimum Gasteiger partial charge on any atom is -0.494 e. The van der Waals surface area contributed by atoms with Gasteiger partial charge in [0.15, 0.2) is 12.1 Å². The number of hydrogen-bond acceptors (Lipinski definition) is 7. The van der Waals surface area contributed by atoms with E-state index in [1.165, 1.54) is 0 Å². The maximum Gasteiger partial charge on any atom is 0.190 e. The van der Waals surface area contributed by atoms with Crippen molar-refractivity contribution in [3.8, 4) is 5.75 Å². The molecule has 2 heterocycles. The molecule has 0 aromatic heterocycles. The molecule has 0 saturated carbocycles. The Kier molecular flexibility index (Phi) is 5.62. The van der Waals surface area contributed by atoms with Gasteiger partial charge in [-0.05, 0) is 38.5 Å². The van der Waals surface area contributed by atoms with E-state index in [4.69, 9.17) is 23.7 Å². The minimum absolute atomic E-state index is 0.322. The van der Waals surface area contributed by atoms with Crippen molar-refractivity contribution in [2.75, 3.05) is 13.2 Å². The second-order valence-corrected chi connectivity index (χ2v) is 6.67. The third-order valence-electron chi connectivity index (χ3n) is 4.27. The van der Waals surface area contributed by atoms with E-state index in [1.54, 1.807) is 13.8 Å². The summed E-state index contributed by atoms with van der Waals surface area (Å²) in [7, 11) is 0. The first-order chi connectivity index (χ1) is 11.9. The monoisotopic (exact) mass is 354 g/mol. The highest BCUT2D eigenvalue weighted by atomic mass is 16.8. The van der Waals surface area contributed by atoms with Gasteiger partial charge in [0.2, 0.25) is 0 Å². The molecule has 1 aromatic rings. The Morgan fingerprint density at radius 3 is 2.56 bits per heavy atom. The van der Waals surface area contributed by atoms with Gasteiger partial charge in [-0.1, -0.05) is 12.1 Å². The molecule has 0 aliphatic carbocycles. The van der Waals surface area contributed by atoms with Crippen molar-refractivity contribution in [2.24, 2.45) is 0 Å². The molecule has 0 bridgehead atoms. The van der Waals surface area contributed by atoms with Crippen LogP contribution in [0.3, 0.4) is 0 Å². The van der Waals surface area contributed by atoms with Crippen molar-refractivity contribution in [3.63, 3.8) is 0 Å². The molecule has 7 nitrogen and oxygen atoms in total. The molecule has 0 amide bonds. The fourth-order valence-electron chi connectivity index (χ4n) is 3.15. The quantitative estimate of drug-likeness (QED) is 0.761. The molecular formula is C18H26O7. The molecule has 0 radical (unpaired) electrons. The molecule has 5 atom stereocenters. The predicted octanol–water partition coefficient (Wildman–Crippen LogP) is 1.20. The van der Waals surface area contributed by atoms with Crippen LogP contribution < -0.4 is 4.74 Å². The molecule has 1 aromatic carbocycles. The van der Waals surface area contributed by atoms with Crippen LogP contribution in [0, 0.1) is 0 Å². The zero-order valence-electron chi connectivity index (χ0n) is 14.8. The molecule has 2 aliphatic rings. The lowest BCUT2D eigenvalue weighted by atomic mass is 10.1. The van der Waals surface area contributed by atoms with E-state index in [1.807, 2.05) is 31.2 Å². The van der Waals surface area contributed by atoms with Crippen LogP contribution in [0.4, 0.5) is 0 Å². The summed E-state index contributed by atoms with van der Waals surface area (Å²) in [5.74, 6) is 0.0314. The van der Waals surface area contributed by atoms with E-state index in [-0.39, 0.29) is 0 Å². The third-order valence-corrected chi connectivity index (χ3v) is 4.27. The molecule has 0 spiro atoms. The minimum atomic E-state index is -1.06. The Morgan fingerprint density at radius 2 is 1.92 bits per heavy atom. The molecule has 2 saturated heterocycles. The Morgan fingerprint density at radius 1 is 1.20 bits per heavy atom. The molecule has 3 rings (SSSR count). The number of rotatable bonds is 7. The van der Waals surface area contributed by atoms with E-state index >= 15 is 0 Å². The van der Waals surface area contributed by atoms with E-state index in [0.717, 1.165) is 11.3 Å². The van der Waals surface area contributed by atoms with Gasteiger partial charge in [0.1, 0.15) is 30.2 Å². The average Bonchev–Trinajstić information content (AvgIpc) is 3.05. The highest BCUT2D eigenvalue weighted by Crippen LogP contribution is 2.39. The lowest BCUT2D eigenvalue weighted by molar-refractivity contribution is -0.232. The van der Waals surface area contributed by atoms with E-state index in [2.05, 4.69) is 0 Å². The van der Waals surface area contributed by atoms with Crippen LogP contribution in [0.5, 0.6) is 5.75 Å². The summed E-state index contributed by atoms with van der Waals surface area (Å²) in [6, 6.07) is 7.61. The van der Waals surface area contributed by atoms with E-state index in [9.17, 15) is 10.2 Å². The second-order valence-electron chi connectivity index (χ2n) is 6.67. The zero-order valence-corrected chi connectivity index (χ0v) is 14.8. The van der Waals surface area contributed by atoms with Gasteiger partial charge < -0.3 is 33.9 Å². The lowest BCUT2D eigenvalue weighted by Gasteiger charge is -2.28. The summed E-state index contributed by atoms with van der Waals surface area (Å²) in [5, 5.41) is 19.3. The normalized spacial score (nSPS) is 31.7. The first-order valence-corrected chi connectivity index (χ1v) is 8.57. The highest BCUT2D eigenvalue weighted by Gasteiger charge is 2.56. The molecular weight excluding hydrogens is 328 g/mol. The number of hydrogen-bond donors (Lipinski definition) is 2. The van der Waals surface area contributed by atoms with Gasteiger partial charge in [0.25, 0.3) is 0 Å². The number of fused-ring (bicyclic) bond motifs is 1. The zero-order chi connectivity index (χ0) is 18.0. The number of aliphatic hydroxyl groups is 2. The third kappa shape index (κ3) is 4.13. The summed E-state index contributed by atoms with van der Waals surface area (Å²) >= 11 is 0. The van der Waals surface area contributed by atoms with Crippen LogP contribution in [0.1, 0.15) is 26.3 Å². The Balaban J connectivity index is 1.66. The summed E-state index contributed by atoms with van der Waals surface area (Å²) in [6.07, 6.45) is -3.39. The fourth-order valence-corrected chi connectivity index (χ4v) is 3.15. The Hall–Kier alpha value is -1.22. The largest absolute Gasteiger partial charge is 0.494 e. The van der Waals surface area contributed by atoms with Crippen LogP contribution >= 0.6 is 0 Å². The van der Waals surface area contributed by atoms with Crippen LogP contribution in [0.25, 0.3) is 0 Å². The van der Waals surface area contributed by atoms with Crippen LogP contribution in [-0.4, -0.2) is 59.9 Å². The first kappa shape index (κ1) is 18.6. The Bertz CT molecular complexity index is 559. The summed E-state index contributed by atoms with van der Waals surface area (Å²) in [5.41, 5.74) is 0.960. The summed E-state index contributed by atoms with van der Waals surface area (Å²) in [6.45, 7) is 6.06. The average molecular weight is 354 g/mol. The van der Waals surface area contributed by atoms with Crippen LogP contribution in [0.15, 0.2) is 24.3 Å². The van der Waals surface area contributed by atoms with Crippen molar-refractivity contribution in [2.45, 2.75) is 63.9 Å². The van der Waals surface area contributed by atoms with E-state index in [0.29, 0.717) is 13.2 Å². The SMILES string of the molecule is CCOc1ccc(CO[C@@H]2[C@H]3OC(C)(C)O[C@H]3O[C@@H]2C(O)CO)cc1. The molecule has 2 aliphatic heterocycles. The van der Waals surface area contributed by atoms with Crippen molar-refractivity contribution < 1.29 is 33.9 Å². The van der Waals surface area contributed by atoms with E-state index < -0.39 is 43.1 Å². The van der Waals surface area contributed by atoms with Crippen molar-refractivity contribution in [3.05, 3.63) is 29.8 Å². The number of benzene rings is 1. The standard InChI is InChI=1S/C18H26O7/c1-4-21-12-7-5-11(6-8-12)10-22-15-14(13(20)9-19)23-17-16(15)24-18(2,3)25-17/h5-8,13-17,19-20H,4,9-10H2,1-3H3/t13?,14-,15+,16-,17-/m1/s1. The number of ether oxygens (including phenoxy) is 5. The topological polar surface area (TPSA) is 86.6 Å². The maximum atomic E-state index is 10.0. The molecule has 140 valence electrons. The maximum absolute atomic E-state index is 10.0. The van der Waals surface area contributed by atoms with Crippen LogP contribution in [-0.2, 0) is 25.6 Å². The van der Waals surface area contributed by atoms with Crippen LogP contribution in [0.2, 0.25) is 0 Å². The predicted molar refractivity (Wildman–Crippen MR) is 88.0 cm³/mol. The fraction of sp³-hybridized carbons (Fsp3) is 0.667. The number of aliphatic hydroxyl groups excluding tert-OH is 2. The van der Waals surface area contributed by atoms with Gasteiger partial charge in [0.05, 0.1) is 19.8 Å². The smallest absolute Gasteiger partial charge is 0.190 e. The van der Waals surface area contributed by atoms with Gasteiger partial charge in [-0.25, -0.2) is 0 Å². The summed E-state index contributed by atoms with van der Waals surface area (Å²) < 4.78 is 28.7. The molecule has 2 fully saturated rings. The molecule has 7 heteroatoms. The molecule has 1 unspecified atom stereocenters. The first-order valence-electron chi connectivity index (χ1n) is 8.57. The second kappa shape index (κ2) is 7.57. The van der Waals surface area contributed by atoms with Gasteiger partial charge in [-0.15, -0.1) is 0 Å². The van der Waals surface area contributed by atoms with Gasteiger partial charge in [0, 0.05) is 0 Å². The van der Waals surface area contributed by atoms with Gasteiger partial charge in [-0.3, -0.25) is 0 Å². The van der Waals surface area contributed by atoms with Crippen molar-refractivity contribution in [1.29, 1.82) is 0 Å². The lowest BCUT2D eigenvalue weighted by Crippen LogP contribution is -2.44. The summed E-state index contributed by atoms with van der Waals surface area (Å²) in [4.78, 5) is 0. The van der Waals surface area contributed by atoms with Gasteiger partial charge >= 0.3 is 0 Å². The molecule has 2 N–H and O–H groups in total. The molecule has 25 heavy (non-hydrogen) atoms. The van der Waals surface area contributed by atoms with Crippen molar-refractivity contribution >= 4 is 0 Å². The Labute approximate surface area is 147 Å². The van der Waals surface area contributed by atoms with Crippen molar-refractivity contribution in [1.82, 2.24) is 0 Å².